The van der Waals surface area contributed by atoms with Gasteiger partial charge in [-0.1, -0.05) is 86.6 Å². The summed E-state index contributed by atoms with van der Waals surface area (Å²) in [5.74, 6) is -0.476. The van der Waals surface area contributed by atoms with Gasteiger partial charge in [0.25, 0.3) is 0 Å². The number of hydrogen-bond donors (Lipinski definition) is 1. The smallest absolute Gasteiger partial charge is 0.349 e. The second-order valence-corrected chi connectivity index (χ2v) is 11.7. The summed E-state index contributed by atoms with van der Waals surface area (Å²) >= 11 is 0. The van der Waals surface area contributed by atoms with E-state index in [4.69, 9.17) is 13.8 Å². The van der Waals surface area contributed by atoms with Crippen molar-refractivity contribution < 1.29 is 27.9 Å². The SMILES string of the molecule is CCOP(=O)(CN(CC(C)C)C(=O)N[C@@H](Cc1cccc2ccccc12)C(=O)OCc1ccccc1)OCC. The van der Waals surface area contributed by atoms with Gasteiger partial charge in [0.05, 0.1) is 13.2 Å². The van der Waals surface area contributed by atoms with Crippen LogP contribution < -0.4 is 5.32 Å². The van der Waals surface area contributed by atoms with Crippen molar-refractivity contribution in [1.29, 1.82) is 0 Å². The topological polar surface area (TPSA) is 94.2 Å². The van der Waals surface area contributed by atoms with E-state index in [2.05, 4.69) is 5.32 Å². The van der Waals surface area contributed by atoms with Crippen LogP contribution >= 0.6 is 7.60 Å². The summed E-state index contributed by atoms with van der Waals surface area (Å²) in [5, 5.41) is 4.89. The average molecular weight is 555 g/mol. The van der Waals surface area contributed by atoms with E-state index in [1.165, 1.54) is 4.90 Å². The molecule has 0 unspecified atom stereocenters. The molecule has 3 aromatic rings. The third-order valence-electron chi connectivity index (χ3n) is 5.98. The highest BCUT2D eigenvalue weighted by Crippen LogP contribution is 2.48. The van der Waals surface area contributed by atoms with Gasteiger partial charge in [0.2, 0.25) is 0 Å². The molecular formula is C30H39N2O6P. The molecule has 0 saturated heterocycles. The molecule has 1 N–H and O–H groups in total. The molecule has 0 aliphatic carbocycles. The van der Waals surface area contributed by atoms with E-state index in [9.17, 15) is 14.2 Å². The standard InChI is InChI=1S/C30H39N2O6P/c1-5-37-39(35,38-6-2)22-32(20-23(3)4)30(34)31-28(29(33)36-21-24-13-8-7-9-14-24)19-26-17-12-16-25-15-10-11-18-27(25)26/h7-18,23,28H,5-6,19-22H2,1-4H3,(H,31,34)/t28-/m0/s1. The lowest BCUT2D eigenvalue weighted by Crippen LogP contribution is -2.50. The third-order valence-corrected chi connectivity index (χ3v) is 7.97. The number of nitrogens with zero attached hydrogens (tertiary/aromatic N) is 1. The van der Waals surface area contributed by atoms with Crippen LogP contribution in [0.15, 0.2) is 72.8 Å². The average Bonchev–Trinajstić information content (AvgIpc) is 2.91. The van der Waals surface area contributed by atoms with Crippen molar-refractivity contribution in [3.05, 3.63) is 83.9 Å². The minimum absolute atomic E-state index is 0.0778. The predicted molar refractivity (Wildman–Crippen MR) is 153 cm³/mol. The summed E-state index contributed by atoms with van der Waals surface area (Å²) in [6.07, 6.45) is 0.00353. The monoisotopic (exact) mass is 554 g/mol. The zero-order valence-corrected chi connectivity index (χ0v) is 24.1. The summed E-state index contributed by atoms with van der Waals surface area (Å²) in [6, 6.07) is 21.6. The minimum Gasteiger partial charge on any atom is -0.459 e. The van der Waals surface area contributed by atoms with E-state index in [1.54, 1.807) is 13.8 Å². The lowest BCUT2D eigenvalue weighted by Gasteiger charge is -2.30. The molecule has 3 rings (SSSR count). The number of amides is 2. The first kappa shape index (κ1) is 30.4. The zero-order valence-electron chi connectivity index (χ0n) is 23.2. The van der Waals surface area contributed by atoms with E-state index in [1.807, 2.05) is 86.6 Å². The van der Waals surface area contributed by atoms with Crippen LogP contribution in [0.4, 0.5) is 4.79 Å². The van der Waals surface area contributed by atoms with E-state index in [-0.39, 0.29) is 38.4 Å². The maximum absolute atomic E-state index is 13.6. The molecule has 2 amide bonds. The first-order valence-corrected chi connectivity index (χ1v) is 15.1. The van der Waals surface area contributed by atoms with E-state index < -0.39 is 25.6 Å². The number of carbonyl (C=O) groups excluding carboxylic acids is 2. The molecule has 9 heteroatoms. The Balaban J connectivity index is 1.87. The fourth-order valence-electron chi connectivity index (χ4n) is 4.32. The van der Waals surface area contributed by atoms with Gasteiger partial charge in [-0.25, -0.2) is 9.59 Å². The third kappa shape index (κ3) is 9.20. The Morgan fingerprint density at radius 1 is 0.897 bits per heavy atom. The van der Waals surface area contributed by atoms with E-state index in [0.717, 1.165) is 21.9 Å². The Kier molecular flexibility index (Phi) is 11.5. The van der Waals surface area contributed by atoms with Crippen molar-refractivity contribution in [1.82, 2.24) is 10.2 Å². The summed E-state index contributed by atoms with van der Waals surface area (Å²) in [6.45, 7) is 8.11. The van der Waals surface area contributed by atoms with Gasteiger partial charge < -0.3 is 24.0 Å². The molecule has 0 saturated carbocycles. The molecule has 0 radical (unpaired) electrons. The highest BCUT2D eigenvalue weighted by Gasteiger charge is 2.32. The van der Waals surface area contributed by atoms with Crippen molar-refractivity contribution in [2.24, 2.45) is 5.92 Å². The molecule has 0 heterocycles. The Hall–Kier alpha value is -3.19. The van der Waals surface area contributed by atoms with Crippen molar-refractivity contribution in [3.63, 3.8) is 0 Å². The number of urea groups is 1. The van der Waals surface area contributed by atoms with Crippen LogP contribution in [-0.2, 0) is 36.2 Å². The Labute approximate surface area is 231 Å². The van der Waals surface area contributed by atoms with Crippen LogP contribution in [0.1, 0.15) is 38.8 Å². The van der Waals surface area contributed by atoms with Crippen LogP contribution in [0, 0.1) is 5.92 Å². The zero-order chi connectivity index (χ0) is 28.3. The highest BCUT2D eigenvalue weighted by atomic mass is 31.2. The van der Waals surface area contributed by atoms with Crippen molar-refractivity contribution >= 4 is 30.4 Å². The first-order chi connectivity index (χ1) is 18.7. The normalized spacial score (nSPS) is 12.3. The number of carbonyl (C=O) groups is 2. The number of hydrogen-bond acceptors (Lipinski definition) is 6. The van der Waals surface area contributed by atoms with Gasteiger partial charge in [0.1, 0.15) is 18.9 Å². The van der Waals surface area contributed by atoms with Crippen LogP contribution in [0.2, 0.25) is 0 Å². The second kappa shape index (κ2) is 14.8. The van der Waals surface area contributed by atoms with Gasteiger partial charge >= 0.3 is 19.6 Å². The molecule has 0 spiro atoms. The summed E-state index contributed by atoms with van der Waals surface area (Å²) < 4.78 is 29.8. The molecule has 8 nitrogen and oxygen atoms in total. The van der Waals surface area contributed by atoms with Crippen LogP contribution in [0.3, 0.4) is 0 Å². The molecule has 3 aromatic carbocycles. The molecule has 0 aliphatic rings. The van der Waals surface area contributed by atoms with Crippen LogP contribution in [0.25, 0.3) is 10.8 Å². The number of benzene rings is 3. The van der Waals surface area contributed by atoms with Crippen LogP contribution in [0.5, 0.6) is 0 Å². The largest absolute Gasteiger partial charge is 0.459 e. The fraction of sp³-hybridized carbons (Fsp3) is 0.400. The molecule has 0 bridgehead atoms. The lowest BCUT2D eigenvalue weighted by atomic mass is 9.99. The van der Waals surface area contributed by atoms with Crippen molar-refractivity contribution in [2.45, 2.75) is 46.8 Å². The van der Waals surface area contributed by atoms with E-state index >= 15 is 0 Å². The minimum atomic E-state index is -3.56. The maximum Gasteiger partial charge on any atom is 0.349 e. The van der Waals surface area contributed by atoms with Gasteiger partial charge in [-0.3, -0.25) is 4.57 Å². The molecule has 0 fully saturated rings. The van der Waals surface area contributed by atoms with Gasteiger partial charge in [0.15, 0.2) is 0 Å². The van der Waals surface area contributed by atoms with Crippen LogP contribution in [-0.4, -0.2) is 49.0 Å². The van der Waals surface area contributed by atoms with Gasteiger partial charge in [-0.05, 0) is 41.7 Å². The maximum atomic E-state index is 13.6. The lowest BCUT2D eigenvalue weighted by molar-refractivity contribution is -0.147. The Morgan fingerprint density at radius 2 is 1.54 bits per heavy atom. The molecule has 0 aromatic heterocycles. The second-order valence-electron chi connectivity index (χ2n) is 9.64. The number of nitrogens with one attached hydrogen (secondary N) is 1. The number of fused-ring (bicyclic) bond motifs is 1. The fourth-order valence-corrected chi connectivity index (χ4v) is 6.01. The van der Waals surface area contributed by atoms with Gasteiger partial charge in [0, 0.05) is 13.0 Å². The highest BCUT2D eigenvalue weighted by molar-refractivity contribution is 7.53. The van der Waals surface area contributed by atoms with Crippen molar-refractivity contribution in [2.75, 3.05) is 26.0 Å². The van der Waals surface area contributed by atoms with E-state index in [0.29, 0.717) is 6.54 Å². The number of rotatable bonds is 14. The molecule has 1 atom stereocenters. The summed E-state index contributed by atoms with van der Waals surface area (Å²) in [7, 11) is -3.56. The Bertz CT molecular complexity index is 1250. The molecular weight excluding hydrogens is 515 g/mol. The summed E-state index contributed by atoms with van der Waals surface area (Å²) in [5.41, 5.74) is 1.75. The molecule has 0 aliphatic heterocycles. The predicted octanol–water partition coefficient (Wildman–Crippen LogP) is 6.39. The van der Waals surface area contributed by atoms with Gasteiger partial charge in [-0.2, -0.15) is 0 Å². The van der Waals surface area contributed by atoms with Crippen molar-refractivity contribution in [3.8, 4) is 0 Å². The first-order valence-electron chi connectivity index (χ1n) is 13.4. The quantitative estimate of drug-likeness (QED) is 0.183. The molecule has 210 valence electrons. The Morgan fingerprint density at radius 3 is 2.21 bits per heavy atom. The number of ether oxygens (including phenoxy) is 1. The van der Waals surface area contributed by atoms with Gasteiger partial charge in [-0.15, -0.1) is 0 Å². The summed E-state index contributed by atoms with van der Waals surface area (Å²) in [4.78, 5) is 28.4. The number of esters is 1. The molecule has 39 heavy (non-hydrogen) atoms.